The highest BCUT2D eigenvalue weighted by Crippen LogP contribution is 2.28. The van der Waals surface area contributed by atoms with Crippen LogP contribution in [0.15, 0.2) is 23.8 Å². The van der Waals surface area contributed by atoms with Crippen LogP contribution >= 0.6 is 0 Å². The number of rotatable bonds is 2. The normalized spacial score (nSPS) is 21.2. The molecule has 2 fully saturated rings. The molecule has 1 aromatic rings. The van der Waals surface area contributed by atoms with Gasteiger partial charge in [0, 0.05) is 6.04 Å². The molecule has 4 amide bonds. The summed E-state index contributed by atoms with van der Waals surface area (Å²) < 4.78 is 0. The summed E-state index contributed by atoms with van der Waals surface area (Å²) in [6, 6.07) is 3.09. The lowest BCUT2D eigenvalue weighted by molar-refractivity contribution is -0.132. The number of carbonyl (C=O) groups excluding carboxylic acids is 3. The first-order valence-corrected chi connectivity index (χ1v) is 7.90. The molecule has 126 valence electrons. The molecule has 3 rings (SSSR count). The van der Waals surface area contributed by atoms with E-state index >= 15 is 0 Å². The number of hydrogen-bond acceptors (Lipinski definition) is 5. The van der Waals surface area contributed by atoms with E-state index in [9.17, 15) is 24.6 Å². The summed E-state index contributed by atoms with van der Waals surface area (Å²) in [4.78, 5) is 37.9. The zero-order chi connectivity index (χ0) is 17.3. The van der Waals surface area contributed by atoms with Gasteiger partial charge >= 0.3 is 6.03 Å². The minimum Gasteiger partial charge on any atom is -0.504 e. The molecule has 0 radical (unpaired) electrons. The van der Waals surface area contributed by atoms with Gasteiger partial charge < -0.3 is 10.2 Å². The first-order valence-electron chi connectivity index (χ1n) is 7.90. The molecule has 1 aliphatic carbocycles. The van der Waals surface area contributed by atoms with E-state index in [1.54, 1.807) is 0 Å². The minimum absolute atomic E-state index is 0.162. The number of nitrogens with one attached hydrogen (secondary N) is 1. The molecule has 7 nitrogen and oxygen atoms in total. The Bertz CT molecular complexity index is 734. The van der Waals surface area contributed by atoms with Crippen molar-refractivity contribution in [3.05, 3.63) is 29.3 Å². The third-order valence-electron chi connectivity index (χ3n) is 4.38. The highest BCUT2D eigenvalue weighted by molar-refractivity contribution is 6.31. The molecule has 1 heterocycles. The zero-order valence-corrected chi connectivity index (χ0v) is 13.0. The summed E-state index contributed by atoms with van der Waals surface area (Å²) in [5.74, 6) is -2.03. The van der Waals surface area contributed by atoms with E-state index in [1.807, 2.05) is 0 Å². The monoisotopic (exact) mass is 330 g/mol. The van der Waals surface area contributed by atoms with Gasteiger partial charge in [-0.2, -0.15) is 0 Å². The molecule has 0 aromatic heterocycles. The average Bonchev–Trinajstić information content (AvgIpc) is 2.55. The number of nitrogens with zero attached hydrogens (tertiary/aromatic N) is 1. The summed E-state index contributed by atoms with van der Waals surface area (Å²) in [6.07, 6.45) is 5.75. The highest BCUT2D eigenvalue weighted by atomic mass is 16.3. The Hall–Kier alpha value is -2.83. The van der Waals surface area contributed by atoms with Crippen molar-refractivity contribution in [1.29, 1.82) is 0 Å². The predicted molar refractivity (Wildman–Crippen MR) is 85.0 cm³/mol. The number of urea groups is 1. The zero-order valence-electron chi connectivity index (χ0n) is 13.0. The van der Waals surface area contributed by atoms with Crippen molar-refractivity contribution >= 4 is 23.9 Å². The van der Waals surface area contributed by atoms with E-state index in [1.165, 1.54) is 24.3 Å². The number of phenolic OH excluding ortho intramolecular Hbond substituents is 2. The Morgan fingerprint density at radius 3 is 2.42 bits per heavy atom. The maximum atomic E-state index is 12.7. The predicted octanol–water partition coefficient (Wildman–Crippen LogP) is 1.89. The molecular weight excluding hydrogens is 312 g/mol. The fraction of sp³-hybridized carbons (Fsp3) is 0.353. The van der Waals surface area contributed by atoms with E-state index in [4.69, 9.17) is 0 Å². The molecule has 1 aromatic carbocycles. The molecule has 0 atom stereocenters. The van der Waals surface area contributed by atoms with Crippen molar-refractivity contribution in [1.82, 2.24) is 10.2 Å². The summed E-state index contributed by atoms with van der Waals surface area (Å²) in [7, 11) is 0. The fourth-order valence-corrected chi connectivity index (χ4v) is 3.14. The van der Waals surface area contributed by atoms with Crippen LogP contribution in [0.5, 0.6) is 11.5 Å². The first-order chi connectivity index (χ1) is 11.5. The Balaban J connectivity index is 1.92. The molecular formula is C17H18N2O5. The Morgan fingerprint density at radius 1 is 1.04 bits per heavy atom. The number of barbiturate groups is 1. The lowest BCUT2D eigenvalue weighted by Crippen LogP contribution is -2.58. The Kier molecular flexibility index (Phi) is 4.24. The number of aromatic hydroxyl groups is 2. The molecule has 24 heavy (non-hydrogen) atoms. The van der Waals surface area contributed by atoms with Gasteiger partial charge in [-0.1, -0.05) is 25.3 Å². The third-order valence-corrected chi connectivity index (χ3v) is 4.38. The van der Waals surface area contributed by atoms with Gasteiger partial charge in [-0.3, -0.25) is 19.8 Å². The molecule has 2 aliphatic rings. The number of phenols is 2. The Morgan fingerprint density at radius 2 is 1.75 bits per heavy atom. The summed E-state index contributed by atoms with van der Waals surface area (Å²) in [5.41, 5.74) is 0.215. The van der Waals surface area contributed by atoms with E-state index < -0.39 is 17.8 Å². The summed E-state index contributed by atoms with van der Waals surface area (Å²) in [6.45, 7) is 0. The van der Waals surface area contributed by atoms with Crippen LogP contribution in [0.1, 0.15) is 37.7 Å². The highest BCUT2D eigenvalue weighted by Gasteiger charge is 2.40. The van der Waals surface area contributed by atoms with E-state index in [0.717, 1.165) is 37.0 Å². The van der Waals surface area contributed by atoms with Crippen molar-refractivity contribution in [3.8, 4) is 11.5 Å². The second kappa shape index (κ2) is 6.35. The number of hydrogen-bond donors (Lipinski definition) is 3. The van der Waals surface area contributed by atoms with Crippen LogP contribution in [-0.4, -0.2) is 39.0 Å². The van der Waals surface area contributed by atoms with E-state index in [2.05, 4.69) is 5.32 Å². The van der Waals surface area contributed by atoms with E-state index in [0.29, 0.717) is 5.56 Å². The quantitative estimate of drug-likeness (QED) is 0.436. The third kappa shape index (κ3) is 2.97. The molecule has 0 bridgehead atoms. The minimum atomic E-state index is -0.760. The van der Waals surface area contributed by atoms with Crippen molar-refractivity contribution in [2.24, 2.45) is 0 Å². The second-order valence-electron chi connectivity index (χ2n) is 6.03. The van der Waals surface area contributed by atoms with Crippen LogP contribution in [0, 0.1) is 0 Å². The van der Waals surface area contributed by atoms with Gasteiger partial charge in [-0.05, 0) is 36.6 Å². The maximum Gasteiger partial charge on any atom is 0.331 e. The average molecular weight is 330 g/mol. The number of amides is 4. The van der Waals surface area contributed by atoms with Crippen LogP contribution in [0.3, 0.4) is 0 Å². The van der Waals surface area contributed by atoms with Gasteiger partial charge in [0.2, 0.25) is 0 Å². The Labute approximate surface area is 138 Å². The number of benzene rings is 1. The topological polar surface area (TPSA) is 107 Å². The standard InChI is InChI=1S/C17H18N2O5/c20-13-7-6-10(9-14(13)21)8-12-15(22)18-17(24)19(16(12)23)11-4-2-1-3-5-11/h6-9,11,20-21H,1-5H2,(H,18,22,24). The largest absolute Gasteiger partial charge is 0.504 e. The second-order valence-corrected chi connectivity index (χ2v) is 6.03. The molecule has 7 heteroatoms. The first kappa shape index (κ1) is 16.0. The van der Waals surface area contributed by atoms with Gasteiger partial charge in [-0.25, -0.2) is 4.79 Å². The van der Waals surface area contributed by atoms with Crippen LogP contribution in [0.4, 0.5) is 4.79 Å². The van der Waals surface area contributed by atoms with Crippen molar-refractivity contribution in [2.75, 3.05) is 0 Å². The van der Waals surface area contributed by atoms with Gasteiger partial charge in [0.05, 0.1) is 0 Å². The van der Waals surface area contributed by atoms with E-state index in [-0.39, 0.29) is 23.1 Å². The number of imide groups is 2. The van der Waals surface area contributed by atoms with Crippen molar-refractivity contribution in [3.63, 3.8) is 0 Å². The molecule has 1 saturated carbocycles. The molecule has 1 saturated heterocycles. The van der Waals surface area contributed by atoms with Crippen LogP contribution < -0.4 is 5.32 Å². The molecule has 0 unspecified atom stereocenters. The summed E-state index contributed by atoms with van der Waals surface area (Å²) in [5, 5.41) is 21.1. The molecule has 0 spiro atoms. The fourth-order valence-electron chi connectivity index (χ4n) is 3.14. The molecule has 3 N–H and O–H groups in total. The van der Waals surface area contributed by atoms with Crippen LogP contribution in [-0.2, 0) is 9.59 Å². The lowest BCUT2D eigenvalue weighted by atomic mass is 9.93. The SMILES string of the molecule is O=C1NC(=O)N(C2CCCCC2)C(=O)C1=Cc1ccc(O)c(O)c1. The van der Waals surface area contributed by atoms with Gasteiger partial charge in [0.25, 0.3) is 11.8 Å². The molecule has 1 aliphatic heterocycles. The number of carbonyl (C=O) groups is 3. The van der Waals surface area contributed by atoms with Crippen molar-refractivity contribution in [2.45, 2.75) is 38.1 Å². The van der Waals surface area contributed by atoms with Gasteiger partial charge in [0.1, 0.15) is 5.57 Å². The van der Waals surface area contributed by atoms with Gasteiger partial charge in [0.15, 0.2) is 11.5 Å². The van der Waals surface area contributed by atoms with Crippen LogP contribution in [0.25, 0.3) is 6.08 Å². The summed E-state index contributed by atoms with van der Waals surface area (Å²) >= 11 is 0. The van der Waals surface area contributed by atoms with Crippen LogP contribution in [0.2, 0.25) is 0 Å². The lowest BCUT2D eigenvalue weighted by Gasteiger charge is -2.35. The van der Waals surface area contributed by atoms with Gasteiger partial charge in [-0.15, -0.1) is 0 Å². The maximum absolute atomic E-state index is 12.7. The smallest absolute Gasteiger partial charge is 0.331 e. The van der Waals surface area contributed by atoms with Crippen molar-refractivity contribution < 1.29 is 24.6 Å².